The molecule has 0 aliphatic heterocycles. The van der Waals surface area contributed by atoms with Gasteiger partial charge in [-0.3, -0.25) is 4.79 Å². The molecule has 4 nitrogen and oxygen atoms in total. The minimum absolute atomic E-state index is 0.0174. The van der Waals surface area contributed by atoms with Crippen molar-refractivity contribution < 1.29 is 19.4 Å². The van der Waals surface area contributed by atoms with Crippen molar-refractivity contribution in [2.75, 3.05) is 12.0 Å². The molecule has 0 spiro atoms. The van der Waals surface area contributed by atoms with Crippen LogP contribution >= 0.6 is 56.9 Å². The number of hydrogen-bond acceptors (Lipinski definition) is 4. The van der Waals surface area contributed by atoms with Gasteiger partial charge in [0, 0.05) is 9.32 Å². The van der Waals surface area contributed by atoms with E-state index in [1.807, 2.05) is 51.4 Å². The fourth-order valence-corrected chi connectivity index (χ4v) is 3.50. The normalized spacial score (nSPS) is 10.2. The van der Waals surface area contributed by atoms with E-state index in [2.05, 4.69) is 0 Å². The summed E-state index contributed by atoms with van der Waals surface area (Å²) in [6.45, 7) is 0. The molecule has 0 unspecified atom stereocenters. The number of carbonyl (C=O) groups excluding carboxylic acids is 1. The van der Waals surface area contributed by atoms with Gasteiger partial charge in [0.15, 0.2) is 5.75 Å². The zero-order valence-electron chi connectivity index (χ0n) is 9.41. The molecule has 0 heterocycles. The van der Waals surface area contributed by atoms with Crippen molar-refractivity contribution >= 4 is 68.9 Å². The summed E-state index contributed by atoms with van der Waals surface area (Å²) >= 11 is 5.53. The van der Waals surface area contributed by atoms with Crippen molar-refractivity contribution in [2.24, 2.45) is 0 Å². The lowest BCUT2D eigenvalue weighted by Crippen LogP contribution is -2.13. The average Bonchev–Trinajstić information content (AvgIpc) is 2.29. The molecule has 1 rings (SSSR count). The second-order valence-electron chi connectivity index (χ2n) is 3.29. The van der Waals surface area contributed by atoms with Gasteiger partial charge in [-0.05, 0) is 63.6 Å². The Balaban J connectivity index is 3.00. The highest BCUT2D eigenvalue weighted by molar-refractivity contribution is 14.1. The molecule has 18 heavy (non-hydrogen) atoms. The summed E-state index contributed by atoms with van der Waals surface area (Å²) in [7, 11) is 0. The molecule has 0 amide bonds. The van der Waals surface area contributed by atoms with Gasteiger partial charge < -0.3 is 9.84 Å². The Morgan fingerprint density at radius 3 is 2.61 bits per heavy atom. The van der Waals surface area contributed by atoms with Gasteiger partial charge in [-0.15, -0.1) is 0 Å². The van der Waals surface area contributed by atoms with Gasteiger partial charge in [0.1, 0.15) is 5.56 Å². The van der Waals surface area contributed by atoms with E-state index >= 15 is 0 Å². The topological polar surface area (TPSA) is 63.6 Å². The van der Waals surface area contributed by atoms with Crippen molar-refractivity contribution in [3.8, 4) is 5.75 Å². The van der Waals surface area contributed by atoms with Crippen molar-refractivity contribution in [3.05, 3.63) is 24.8 Å². The van der Waals surface area contributed by atoms with Crippen LogP contribution in [-0.4, -0.2) is 29.1 Å². The highest BCUT2D eigenvalue weighted by Crippen LogP contribution is 2.28. The number of ether oxygens (including phenoxy) is 1. The lowest BCUT2D eigenvalue weighted by atomic mass is 10.2. The number of rotatable bonds is 5. The van der Waals surface area contributed by atoms with E-state index < -0.39 is 11.9 Å². The van der Waals surface area contributed by atoms with Gasteiger partial charge in [0.05, 0.1) is 9.99 Å². The fraction of sp³-hybridized carbons (Fsp3) is 0.273. The first kappa shape index (κ1) is 16.0. The number of aromatic carboxylic acids is 1. The third-order valence-corrected chi connectivity index (χ3v) is 4.00. The first-order chi connectivity index (χ1) is 8.45. The van der Waals surface area contributed by atoms with Gasteiger partial charge >= 0.3 is 11.9 Å². The standard InChI is InChI=1S/C11H10I2O4S/c1-18-3-2-9(14)17-10-7(11(15)16)4-6(12)5-8(10)13/h4-5H,2-3H2,1H3,(H,15,16). The predicted octanol–water partition coefficient (Wildman–Crippen LogP) is 3.25. The molecule has 1 aromatic carbocycles. The van der Waals surface area contributed by atoms with Crippen LogP contribution in [0.3, 0.4) is 0 Å². The fourth-order valence-electron chi connectivity index (χ4n) is 1.17. The Kier molecular flexibility index (Phi) is 6.71. The molecule has 0 aliphatic rings. The zero-order valence-corrected chi connectivity index (χ0v) is 14.5. The highest BCUT2D eigenvalue weighted by Gasteiger charge is 2.18. The van der Waals surface area contributed by atoms with Crippen molar-refractivity contribution in [1.82, 2.24) is 0 Å². The van der Waals surface area contributed by atoms with Crippen molar-refractivity contribution in [3.63, 3.8) is 0 Å². The molecule has 0 aliphatic carbocycles. The van der Waals surface area contributed by atoms with Crippen LogP contribution in [0.1, 0.15) is 16.8 Å². The maximum absolute atomic E-state index is 11.5. The number of carboxylic acids is 1. The number of carbonyl (C=O) groups is 2. The van der Waals surface area contributed by atoms with E-state index in [-0.39, 0.29) is 17.7 Å². The summed E-state index contributed by atoms with van der Waals surface area (Å²) in [6, 6.07) is 3.26. The van der Waals surface area contributed by atoms with Gasteiger partial charge in [-0.1, -0.05) is 0 Å². The van der Waals surface area contributed by atoms with E-state index in [1.165, 1.54) is 17.8 Å². The monoisotopic (exact) mass is 492 g/mol. The number of thioether (sulfide) groups is 1. The predicted molar refractivity (Wildman–Crippen MR) is 87.5 cm³/mol. The van der Waals surface area contributed by atoms with Gasteiger partial charge in [0.2, 0.25) is 0 Å². The molecule has 0 atom stereocenters. The minimum Gasteiger partial charge on any atom is -0.478 e. The third kappa shape index (κ3) is 4.57. The molecule has 0 aromatic heterocycles. The SMILES string of the molecule is CSCCC(=O)Oc1c(I)cc(I)cc1C(=O)O. The molecule has 0 saturated carbocycles. The Labute approximate surface area is 136 Å². The Hall–Kier alpha value is -0.0300. The summed E-state index contributed by atoms with van der Waals surface area (Å²) in [4.78, 5) is 22.7. The Morgan fingerprint density at radius 1 is 1.39 bits per heavy atom. The molecule has 98 valence electrons. The van der Waals surface area contributed by atoms with Crippen LogP contribution in [0.4, 0.5) is 0 Å². The van der Waals surface area contributed by atoms with Crippen molar-refractivity contribution in [1.29, 1.82) is 0 Å². The van der Waals surface area contributed by atoms with Crippen molar-refractivity contribution in [2.45, 2.75) is 6.42 Å². The van der Waals surface area contributed by atoms with Gasteiger partial charge in [0.25, 0.3) is 0 Å². The number of halogens is 2. The number of benzene rings is 1. The Morgan fingerprint density at radius 2 is 2.06 bits per heavy atom. The molecule has 1 aromatic rings. The first-order valence-corrected chi connectivity index (χ1v) is 8.42. The van der Waals surface area contributed by atoms with E-state index in [0.29, 0.717) is 9.32 Å². The number of hydrogen-bond donors (Lipinski definition) is 1. The molecule has 0 fully saturated rings. The summed E-state index contributed by atoms with van der Waals surface area (Å²) < 4.78 is 6.56. The molecule has 0 radical (unpaired) electrons. The summed E-state index contributed by atoms with van der Waals surface area (Å²) in [5.41, 5.74) is 0.0174. The van der Waals surface area contributed by atoms with E-state index in [9.17, 15) is 9.59 Å². The smallest absolute Gasteiger partial charge is 0.339 e. The summed E-state index contributed by atoms with van der Waals surface area (Å²) in [6.07, 6.45) is 2.16. The molecular formula is C11H10I2O4S. The van der Waals surface area contributed by atoms with E-state index in [1.54, 1.807) is 6.07 Å². The van der Waals surface area contributed by atoms with Crippen LogP contribution in [0.2, 0.25) is 0 Å². The second kappa shape index (κ2) is 7.53. The largest absolute Gasteiger partial charge is 0.478 e. The number of esters is 1. The summed E-state index contributed by atoms with van der Waals surface area (Å²) in [5, 5.41) is 9.10. The van der Waals surface area contributed by atoms with Crippen LogP contribution in [-0.2, 0) is 4.79 Å². The van der Waals surface area contributed by atoms with Gasteiger partial charge in [-0.25, -0.2) is 4.79 Å². The summed E-state index contributed by atoms with van der Waals surface area (Å²) in [5.74, 6) is -0.720. The van der Waals surface area contributed by atoms with Gasteiger partial charge in [-0.2, -0.15) is 11.8 Å². The quantitative estimate of drug-likeness (QED) is 0.389. The molecule has 0 saturated heterocycles. The number of carboxylic acid groups (broad SMARTS) is 1. The second-order valence-corrected chi connectivity index (χ2v) is 6.68. The maximum atomic E-state index is 11.5. The lowest BCUT2D eigenvalue weighted by molar-refractivity contribution is -0.133. The van der Waals surface area contributed by atoms with E-state index in [0.717, 1.165) is 3.57 Å². The Bertz CT molecular complexity index is 476. The lowest BCUT2D eigenvalue weighted by Gasteiger charge is -2.10. The van der Waals surface area contributed by atoms with Crippen LogP contribution < -0.4 is 4.74 Å². The molecule has 7 heteroatoms. The van der Waals surface area contributed by atoms with E-state index in [4.69, 9.17) is 9.84 Å². The first-order valence-electron chi connectivity index (χ1n) is 4.87. The molecular weight excluding hydrogens is 482 g/mol. The maximum Gasteiger partial charge on any atom is 0.339 e. The van der Waals surface area contributed by atoms with Crippen LogP contribution in [0.15, 0.2) is 12.1 Å². The molecule has 0 bridgehead atoms. The highest BCUT2D eigenvalue weighted by atomic mass is 127. The molecule has 1 N–H and O–H groups in total. The average molecular weight is 492 g/mol. The zero-order chi connectivity index (χ0) is 13.7. The van der Waals surface area contributed by atoms with Crippen LogP contribution in [0.25, 0.3) is 0 Å². The minimum atomic E-state index is -1.10. The third-order valence-electron chi connectivity index (χ3n) is 1.96. The van der Waals surface area contributed by atoms with Crippen LogP contribution in [0.5, 0.6) is 5.75 Å². The van der Waals surface area contributed by atoms with Crippen LogP contribution in [0, 0.1) is 7.14 Å².